The number of rotatable bonds is 8. The Morgan fingerprint density at radius 1 is 1.44 bits per heavy atom. The fraction of sp³-hybridized carbons (Fsp3) is 0.700. The van der Waals surface area contributed by atoms with Crippen LogP contribution in [0.5, 0.6) is 0 Å². The van der Waals surface area contributed by atoms with Crippen molar-refractivity contribution in [3.8, 4) is 0 Å². The van der Waals surface area contributed by atoms with Gasteiger partial charge >= 0.3 is 0 Å². The number of anilines is 1. The highest BCUT2D eigenvalue weighted by molar-refractivity contribution is 9.10. The van der Waals surface area contributed by atoms with E-state index in [0.29, 0.717) is 5.69 Å². The molecule has 1 aromatic rings. The van der Waals surface area contributed by atoms with Crippen LogP contribution in [-0.4, -0.2) is 47.4 Å². The molecule has 0 saturated heterocycles. The quantitative estimate of drug-likeness (QED) is 0.726. The van der Waals surface area contributed by atoms with Crippen molar-refractivity contribution in [1.29, 1.82) is 0 Å². The van der Waals surface area contributed by atoms with Crippen molar-refractivity contribution in [2.75, 3.05) is 29.0 Å². The van der Waals surface area contributed by atoms with Gasteiger partial charge in [0, 0.05) is 12.7 Å². The second-order valence-electron chi connectivity index (χ2n) is 3.84. The van der Waals surface area contributed by atoms with Crippen molar-refractivity contribution in [2.24, 2.45) is 0 Å². The lowest BCUT2D eigenvalue weighted by Gasteiger charge is -2.17. The molecule has 1 N–H and O–H groups in total. The minimum atomic E-state index is -3.30. The maximum atomic E-state index is 11.3. The molecule has 0 aliphatic carbocycles. The number of alkyl halides is 1. The maximum absolute atomic E-state index is 11.3. The predicted molar refractivity (Wildman–Crippen MR) is 76.4 cm³/mol. The number of hydrogen-bond acceptors (Lipinski definition) is 4. The normalized spacial score (nSPS) is 12.0. The van der Waals surface area contributed by atoms with E-state index in [0.717, 1.165) is 26.2 Å². The summed E-state index contributed by atoms with van der Waals surface area (Å²) in [6.45, 7) is 7.88. The van der Waals surface area contributed by atoms with E-state index < -0.39 is 10.0 Å². The van der Waals surface area contributed by atoms with Crippen LogP contribution in [0.1, 0.15) is 13.8 Å². The molecule has 18 heavy (non-hydrogen) atoms. The van der Waals surface area contributed by atoms with Gasteiger partial charge < -0.3 is 4.90 Å². The second-order valence-corrected chi connectivity index (χ2v) is 6.87. The van der Waals surface area contributed by atoms with Crippen LogP contribution >= 0.6 is 15.9 Å². The van der Waals surface area contributed by atoms with E-state index in [4.69, 9.17) is 0 Å². The molecule has 0 amide bonds. The summed E-state index contributed by atoms with van der Waals surface area (Å²) in [5.41, 5.74) is 0.494. The van der Waals surface area contributed by atoms with Crippen molar-refractivity contribution >= 4 is 31.6 Å². The number of likely N-dealkylation sites (N-methyl/N-ethyl adjacent to an activating group) is 1. The van der Waals surface area contributed by atoms with Gasteiger partial charge in [-0.1, -0.05) is 29.8 Å². The number of sulfonamides is 1. The average Bonchev–Trinajstić information content (AvgIpc) is 2.77. The Morgan fingerprint density at radius 3 is 2.67 bits per heavy atom. The van der Waals surface area contributed by atoms with Crippen LogP contribution in [0, 0.1) is 0 Å². The minimum Gasteiger partial charge on any atom is -0.302 e. The minimum absolute atomic E-state index is 0.120. The van der Waals surface area contributed by atoms with Crippen LogP contribution in [0.3, 0.4) is 0 Å². The summed E-state index contributed by atoms with van der Waals surface area (Å²) in [4.78, 5) is 2.28. The third-order valence-electron chi connectivity index (χ3n) is 2.59. The van der Waals surface area contributed by atoms with Gasteiger partial charge in [0.1, 0.15) is 4.66 Å². The Bertz CT molecular complexity index is 456. The maximum Gasteiger partial charge on any atom is 0.242 e. The topological polar surface area (TPSA) is 67.2 Å². The molecule has 0 atom stereocenters. The monoisotopic (exact) mass is 338 g/mol. The number of hydrogen-bond donors (Lipinski definition) is 1. The summed E-state index contributed by atoms with van der Waals surface area (Å²) in [7, 11) is -3.30. The standard InChI is InChI=1S/C10H19BrN4O2S/c1-3-14(4-2)5-6-15-8-10(7-12-15)13-18(16,17)9-11/h7-8,13H,3-6,9H2,1-2H3. The zero-order valence-electron chi connectivity index (χ0n) is 10.6. The summed E-state index contributed by atoms with van der Waals surface area (Å²) in [5.74, 6) is 0. The number of halogens is 1. The van der Waals surface area contributed by atoms with Crippen molar-refractivity contribution in [3.63, 3.8) is 0 Å². The van der Waals surface area contributed by atoms with E-state index in [-0.39, 0.29) is 4.66 Å². The van der Waals surface area contributed by atoms with Gasteiger partial charge in [0.2, 0.25) is 10.0 Å². The van der Waals surface area contributed by atoms with Crippen LogP contribution in [0.15, 0.2) is 12.4 Å². The molecule has 0 aliphatic rings. The fourth-order valence-electron chi connectivity index (χ4n) is 1.53. The highest BCUT2D eigenvalue weighted by Gasteiger charge is 2.09. The van der Waals surface area contributed by atoms with Gasteiger partial charge in [-0.25, -0.2) is 8.42 Å². The third kappa shape index (κ3) is 4.95. The molecule has 8 heteroatoms. The van der Waals surface area contributed by atoms with E-state index in [9.17, 15) is 8.42 Å². The zero-order valence-corrected chi connectivity index (χ0v) is 13.0. The fourth-order valence-corrected chi connectivity index (χ4v) is 2.39. The van der Waals surface area contributed by atoms with Gasteiger partial charge in [0.25, 0.3) is 0 Å². The van der Waals surface area contributed by atoms with Gasteiger partial charge in [-0.15, -0.1) is 0 Å². The van der Waals surface area contributed by atoms with Crippen LogP contribution in [-0.2, 0) is 16.6 Å². The summed E-state index contributed by atoms with van der Waals surface area (Å²) >= 11 is 2.92. The van der Waals surface area contributed by atoms with Crippen LogP contribution in [0.2, 0.25) is 0 Å². The lowest BCUT2D eigenvalue weighted by Crippen LogP contribution is -2.27. The van der Waals surface area contributed by atoms with Crippen molar-refractivity contribution in [1.82, 2.24) is 14.7 Å². The summed E-state index contributed by atoms with van der Waals surface area (Å²) in [6.07, 6.45) is 3.21. The first-order valence-corrected chi connectivity index (χ1v) is 8.59. The van der Waals surface area contributed by atoms with Gasteiger partial charge in [-0.05, 0) is 13.1 Å². The average molecular weight is 339 g/mol. The summed E-state index contributed by atoms with van der Waals surface area (Å²) in [5, 5.41) is 4.12. The molecule has 0 aliphatic heterocycles. The molecule has 104 valence electrons. The first-order valence-electron chi connectivity index (χ1n) is 5.82. The van der Waals surface area contributed by atoms with Gasteiger partial charge in [0.15, 0.2) is 0 Å². The van der Waals surface area contributed by atoms with Crippen LogP contribution in [0.25, 0.3) is 0 Å². The molecular weight excluding hydrogens is 320 g/mol. The molecule has 0 aromatic carbocycles. The Morgan fingerprint density at radius 2 is 2.11 bits per heavy atom. The van der Waals surface area contributed by atoms with Crippen LogP contribution in [0.4, 0.5) is 5.69 Å². The van der Waals surface area contributed by atoms with Crippen molar-refractivity contribution in [3.05, 3.63) is 12.4 Å². The number of aromatic nitrogens is 2. The van der Waals surface area contributed by atoms with Crippen molar-refractivity contribution < 1.29 is 8.42 Å². The van der Waals surface area contributed by atoms with Crippen molar-refractivity contribution in [2.45, 2.75) is 20.4 Å². The highest BCUT2D eigenvalue weighted by atomic mass is 79.9. The smallest absolute Gasteiger partial charge is 0.242 e. The molecule has 0 spiro atoms. The van der Waals surface area contributed by atoms with E-state index >= 15 is 0 Å². The molecule has 1 rings (SSSR count). The van der Waals surface area contributed by atoms with E-state index in [1.165, 1.54) is 6.20 Å². The molecule has 1 heterocycles. The Kier molecular flexibility index (Phi) is 6.10. The lowest BCUT2D eigenvalue weighted by atomic mass is 10.4. The third-order valence-corrected chi connectivity index (χ3v) is 5.23. The molecular formula is C10H19BrN4O2S. The molecule has 1 aromatic heterocycles. The zero-order chi connectivity index (χ0) is 13.6. The van der Waals surface area contributed by atoms with E-state index in [2.05, 4.69) is 44.5 Å². The number of nitrogens with one attached hydrogen (secondary N) is 1. The first kappa shape index (κ1) is 15.5. The Hall–Kier alpha value is -0.600. The number of nitrogens with zero attached hydrogens (tertiary/aromatic N) is 3. The first-order chi connectivity index (χ1) is 8.50. The lowest BCUT2D eigenvalue weighted by molar-refractivity contribution is 0.285. The SMILES string of the molecule is CCN(CC)CCn1cc(NS(=O)(=O)CBr)cn1. The molecule has 0 bridgehead atoms. The molecule has 0 radical (unpaired) electrons. The van der Waals surface area contributed by atoms with E-state index in [1.807, 2.05) is 0 Å². The largest absolute Gasteiger partial charge is 0.302 e. The predicted octanol–water partition coefficient (Wildman–Crippen LogP) is 1.32. The van der Waals surface area contributed by atoms with Gasteiger partial charge in [0.05, 0.1) is 18.4 Å². The van der Waals surface area contributed by atoms with Crippen LogP contribution < -0.4 is 4.72 Å². The Balaban J connectivity index is 2.53. The Labute approximate surface area is 117 Å². The highest BCUT2D eigenvalue weighted by Crippen LogP contribution is 2.09. The molecule has 0 unspecified atom stereocenters. The molecule has 0 saturated carbocycles. The van der Waals surface area contributed by atoms with Gasteiger partial charge in [-0.2, -0.15) is 5.10 Å². The van der Waals surface area contributed by atoms with E-state index in [1.54, 1.807) is 10.9 Å². The molecule has 0 fully saturated rings. The molecule has 6 nitrogen and oxygen atoms in total. The van der Waals surface area contributed by atoms with Gasteiger partial charge in [-0.3, -0.25) is 9.40 Å². The second kappa shape index (κ2) is 7.10. The summed E-state index contributed by atoms with van der Waals surface area (Å²) in [6, 6.07) is 0. The summed E-state index contributed by atoms with van der Waals surface area (Å²) < 4.78 is 26.7.